The van der Waals surface area contributed by atoms with Crippen LogP contribution >= 0.6 is 0 Å². The highest BCUT2D eigenvalue weighted by Gasteiger charge is 2.42. The van der Waals surface area contributed by atoms with Gasteiger partial charge in [0, 0.05) is 12.6 Å². The lowest BCUT2D eigenvalue weighted by Gasteiger charge is -2.46. The molecule has 1 heterocycles. The normalized spacial score (nSPS) is 34.8. The first-order valence-corrected chi connectivity index (χ1v) is 8.90. The number of nitrogens with one attached hydrogen (secondary N) is 1. The summed E-state index contributed by atoms with van der Waals surface area (Å²) in [5.74, 6) is 0.692. The van der Waals surface area contributed by atoms with E-state index < -0.39 is 5.54 Å². The second kappa shape index (κ2) is 7.59. The summed E-state index contributed by atoms with van der Waals surface area (Å²) in [7, 11) is 0. The van der Waals surface area contributed by atoms with Gasteiger partial charge in [0.05, 0.1) is 5.54 Å². The molecule has 3 N–H and O–H groups in total. The fraction of sp³-hybridized carbons (Fsp3) is 0.941. The maximum absolute atomic E-state index is 12.1. The van der Waals surface area contributed by atoms with Gasteiger partial charge in [-0.3, -0.25) is 4.79 Å². The molecule has 1 aliphatic carbocycles. The van der Waals surface area contributed by atoms with E-state index in [2.05, 4.69) is 24.1 Å². The van der Waals surface area contributed by atoms with Gasteiger partial charge in [0.25, 0.3) is 0 Å². The van der Waals surface area contributed by atoms with Crippen molar-refractivity contribution in [3.8, 4) is 0 Å². The molecule has 4 nitrogen and oxygen atoms in total. The van der Waals surface area contributed by atoms with E-state index in [1.807, 2.05) is 0 Å². The van der Waals surface area contributed by atoms with Gasteiger partial charge in [-0.25, -0.2) is 0 Å². The Morgan fingerprint density at radius 2 is 2.14 bits per heavy atom. The second-order valence-electron chi connectivity index (χ2n) is 7.03. The van der Waals surface area contributed by atoms with E-state index in [4.69, 9.17) is 5.73 Å². The van der Waals surface area contributed by atoms with E-state index in [9.17, 15) is 4.79 Å². The van der Waals surface area contributed by atoms with E-state index in [0.717, 1.165) is 38.1 Å². The Balaban J connectivity index is 2.02. The molecule has 1 saturated heterocycles. The van der Waals surface area contributed by atoms with Crippen LogP contribution in [0.3, 0.4) is 0 Å². The van der Waals surface area contributed by atoms with Gasteiger partial charge < -0.3 is 16.0 Å². The predicted octanol–water partition coefficient (Wildman–Crippen LogP) is 2.27. The number of hydrogen-bond donors (Lipinski definition) is 2. The fourth-order valence-corrected chi connectivity index (χ4v) is 4.16. The molecule has 1 aliphatic heterocycles. The van der Waals surface area contributed by atoms with Gasteiger partial charge in [0.15, 0.2) is 0 Å². The lowest BCUT2D eigenvalue weighted by Crippen LogP contribution is -2.61. The molecule has 1 saturated carbocycles. The van der Waals surface area contributed by atoms with Crippen LogP contribution < -0.4 is 11.1 Å². The minimum absolute atomic E-state index is 0.148. The quantitative estimate of drug-likeness (QED) is 0.790. The number of rotatable bonds is 6. The average Bonchev–Trinajstić information content (AvgIpc) is 2.53. The summed E-state index contributed by atoms with van der Waals surface area (Å²) in [6.45, 7) is 7.73. The first-order valence-electron chi connectivity index (χ1n) is 8.90. The largest absolute Gasteiger partial charge is 0.368 e. The van der Waals surface area contributed by atoms with Crippen molar-refractivity contribution in [3.05, 3.63) is 0 Å². The predicted molar refractivity (Wildman–Crippen MR) is 87.1 cm³/mol. The number of carbonyl (C=O) groups excluding carboxylic acids is 1. The van der Waals surface area contributed by atoms with E-state index in [0.29, 0.717) is 6.04 Å². The first-order chi connectivity index (χ1) is 10.1. The Kier molecular flexibility index (Phi) is 6.06. The lowest BCUT2D eigenvalue weighted by molar-refractivity contribution is -0.127. The fourth-order valence-electron chi connectivity index (χ4n) is 4.16. The molecule has 0 aromatic rings. The number of carbonyl (C=O) groups is 1. The van der Waals surface area contributed by atoms with Crippen LogP contribution in [0.5, 0.6) is 0 Å². The van der Waals surface area contributed by atoms with E-state index >= 15 is 0 Å². The van der Waals surface area contributed by atoms with Crippen LogP contribution in [0.2, 0.25) is 0 Å². The molecule has 2 aliphatic rings. The SMILES string of the molecule is CCCNC1(C(N)=O)CCCC(N2CCCC(CC)C2)C1. The van der Waals surface area contributed by atoms with Gasteiger partial charge in [0.2, 0.25) is 5.91 Å². The molecule has 0 aromatic carbocycles. The molecule has 4 heteroatoms. The molecule has 2 rings (SSSR count). The molecule has 3 unspecified atom stereocenters. The number of amides is 1. The third-order valence-electron chi connectivity index (χ3n) is 5.55. The van der Waals surface area contributed by atoms with Crippen LogP contribution in [0.25, 0.3) is 0 Å². The van der Waals surface area contributed by atoms with Crippen molar-refractivity contribution in [2.75, 3.05) is 19.6 Å². The summed E-state index contributed by atoms with van der Waals surface area (Å²) in [4.78, 5) is 14.7. The number of nitrogens with zero attached hydrogens (tertiary/aromatic N) is 1. The van der Waals surface area contributed by atoms with Crippen LogP contribution in [-0.2, 0) is 4.79 Å². The average molecular weight is 295 g/mol. The standard InChI is InChI=1S/C17H33N3O/c1-3-10-19-17(16(18)21)9-5-8-15(12-17)20-11-6-7-14(4-2)13-20/h14-15,19H,3-13H2,1-2H3,(H2,18,21). The Labute approximate surface area is 129 Å². The zero-order valence-electron chi connectivity index (χ0n) is 13.9. The zero-order chi connectivity index (χ0) is 15.3. The summed E-state index contributed by atoms with van der Waals surface area (Å²) >= 11 is 0. The van der Waals surface area contributed by atoms with Gasteiger partial charge in [-0.1, -0.05) is 20.3 Å². The molecule has 2 fully saturated rings. The number of primary amides is 1. The molecule has 1 amide bonds. The summed E-state index contributed by atoms with van der Waals surface area (Å²) < 4.78 is 0. The second-order valence-corrected chi connectivity index (χ2v) is 7.03. The minimum atomic E-state index is -0.460. The monoisotopic (exact) mass is 295 g/mol. The van der Waals surface area contributed by atoms with Crippen molar-refractivity contribution >= 4 is 5.91 Å². The highest BCUT2D eigenvalue weighted by Crippen LogP contribution is 2.33. The van der Waals surface area contributed by atoms with Crippen molar-refractivity contribution in [2.24, 2.45) is 11.7 Å². The summed E-state index contributed by atoms with van der Waals surface area (Å²) in [6, 6.07) is 0.532. The van der Waals surface area contributed by atoms with Crippen LogP contribution in [-0.4, -0.2) is 42.0 Å². The third-order valence-corrected chi connectivity index (χ3v) is 5.55. The molecular weight excluding hydrogens is 262 g/mol. The Morgan fingerprint density at radius 3 is 2.81 bits per heavy atom. The molecule has 0 radical (unpaired) electrons. The molecule has 21 heavy (non-hydrogen) atoms. The van der Waals surface area contributed by atoms with Crippen LogP contribution in [0.1, 0.15) is 65.2 Å². The van der Waals surface area contributed by atoms with Crippen molar-refractivity contribution in [1.82, 2.24) is 10.2 Å². The maximum Gasteiger partial charge on any atom is 0.237 e. The minimum Gasteiger partial charge on any atom is -0.368 e. The molecule has 122 valence electrons. The Morgan fingerprint density at radius 1 is 1.33 bits per heavy atom. The summed E-state index contributed by atoms with van der Waals surface area (Å²) in [5, 5.41) is 3.48. The van der Waals surface area contributed by atoms with Gasteiger partial charge >= 0.3 is 0 Å². The van der Waals surface area contributed by atoms with Crippen molar-refractivity contribution in [1.29, 1.82) is 0 Å². The smallest absolute Gasteiger partial charge is 0.237 e. The number of nitrogens with two attached hydrogens (primary N) is 1. The van der Waals surface area contributed by atoms with E-state index in [1.54, 1.807) is 0 Å². The van der Waals surface area contributed by atoms with Gasteiger partial charge in [0.1, 0.15) is 0 Å². The van der Waals surface area contributed by atoms with Crippen molar-refractivity contribution in [3.63, 3.8) is 0 Å². The summed E-state index contributed by atoms with van der Waals surface area (Å²) in [6.07, 6.45) is 9.13. The Hall–Kier alpha value is -0.610. The number of piperidine rings is 1. The van der Waals surface area contributed by atoms with Crippen LogP contribution in [0.15, 0.2) is 0 Å². The highest BCUT2D eigenvalue weighted by molar-refractivity contribution is 5.84. The summed E-state index contributed by atoms with van der Waals surface area (Å²) in [5.41, 5.74) is 5.31. The lowest BCUT2D eigenvalue weighted by atomic mass is 9.77. The molecule has 3 atom stereocenters. The molecule has 0 bridgehead atoms. The topological polar surface area (TPSA) is 58.4 Å². The van der Waals surface area contributed by atoms with Crippen molar-refractivity contribution in [2.45, 2.75) is 76.8 Å². The van der Waals surface area contributed by atoms with Gasteiger partial charge in [-0.15, -0.1) is 0 Å². The van der Waals surface area contributed by atoms with Gasteiger partial charge in [-0.05, 0) is 64.0 Å². The molecule has 0 spiro atoms. The van der Waals surface area contributed by atoms with E-state index in [-0.39, 0.29) is 5.91 Å². The molecular formula is C17H33N3O. The zero-order valence-corrected chi connectivity index (χ0v) is 13.9. The number of hydrogen-bond acceptors (Lipinski definition) is 3. The highest BCUT2D eigenvalue weighted by atomic mass is 16.1. The van der Waals surface area contributed by atoms with Crippen molar-refractivity contribution < 1.29 is 4.79 Å². The Bertz CT molecular complexity index is 347. The third kappa shape index (κ3) is 3.98. The number of likely N-dealkylation sites (tertiary alicyclic amines) is 1. The molecule has 0 aromatic heterocycles. The first kappa shape index (κ1) is 16.8. The van der Waals surface area contributed by atoms with Crippen LogP contribution in [0, 0.1) is 5.92 Å². The maximum atomic E-state index is 12.1. The van der Waals surface area contributed by atoms with E-state index in [1.165, 1.54) is 38.8 Å². The van der Waals surface area contributed by atoms with Gasteiger partial charge in [-0.2, -0.15) is 0 Å². The van der Waals surface area contributed by atoms with Crippen LogP contribution in [0.4, 0.5) is 0 Å².